The van der Waals surface area contributed by atoms with Gasteiger partial charge in [0.05, 0.1) is 15.2 Å². The van der Waals surface area contributed by atoms with Crippen LogP contribution in [-0.2, 0) is 11.2 Å². The van der Waals surface area contributed by atoms with Crippen LogP contribution in [0.1, 0.15) is 37.1 Å². The molecule has 1 aromatic heterocycles. The fraction of sp³-hybridized carbons (Fsp3) is 0.600. The first-order valence-corrected chi connectivity index (χ1v) is 10.3. The molecule has 5 nitrogen and oxygen atoms in total. The second-order valence-corrected chi connectivity index (χ2v) is 8.24. The number of hydrogen-bond donors (Lipinski definition) is 2. The van der Waals surface area contributed by atoms with Crippen LogP contribution >= 0.6 is 35.3 Å². The lowest BCUT2D eigenvalue weighted by Gasteiger charge is -2.42. The highest BCUT2D eigenvalue weighted by Gasteiger charge is 2.36. The molecule has 1 aliphatic rings. The average Bonchev–Trinajstić information content (AvgIpc) is 3.05. The molecule has 0 amide bonds. The van der Waals surface area contributed by atoms with Crippen LogP contribution in [0, 0.1) is 5.41 Å². The zero-order valence-electron chi connectivity index (χ0n) is 16.3. The second-order valence-electron chi connectivity index (χ2n) is 7.13. The summed E-state index contributed by atoms with van der Waals surface area (Å²) in [7, 11) is 3.62. The van der Waals surface area contributed by atoms with Crippen LogP contribution in [-0.4, -0.2) is 44.8 Å². The summed E-state index contributed by atoms with van der Waals surface area (Å²) in [6.07, 6.45) is 7.09. The van der Waals surface area contributed by atoms with E-state index >= 15 is 0 Å². The van der Waals surface area contributed by atoms with Gasteiger partial charge in [-0.05, 0) is 43.2 Å². The van der Waals surface area contributed by atoms with E-state index in [0.29, 0.717) is 5.41 Å². The highest BCUT2D eigenvalue weighted by molar-refractivity contribution is 14.0. The predicted octanol–water partition coefficient (Wildman–Crippen LogP) is 4.22. The van der Waals surface area contributed by atoms with Crippen molar-refractivity contribution >= 4 is 51.5 Å². The largest absolute Gasteiger partial charge is 0.385 e. The fourth-order valence-corrected chi connectivity index (χ4v) is 4.48. The van der Waals surface area contributed by atoms with Crippen molar-refractivity contribution in [3.63, 3.8) is 0 Å². The molecule has 0 unspecified atom stereocenters. The van der Waals surface area contributed by atoms with Gasteiger partial charge in [-0.2, -0.15) is 0 Å². The third-order valence-electron chi connectivity index (χ3n) is 5.30. The number of nitrogens with zero attached hydrogens (tertiary/aromatic N) is 2. The zero-order valence-corrected chi connectivity index (χ0v) is 19.4. The van der Waals surface area contributed by atoms with Crippen molar-refractivity contribution in [2.75, 3.05) is 33.9 Å². The summed E-state index contributed by atoms with van der Waals surface area (Å²) in [5.41, 5.74) is 1.51. The lowest BCUT2D eigenvalue weighted by molar-refractivity contribution is 0.0732. The van der Waals surface area contributed by atoms with E-state index in [9.17, 15) is 0 Å². The standard InChI is InChI=1S/C20H30N4OS.HI/c1-21-19(23-15-20(10-6-11-20)12-14-25-2)22-13-5-9-18-24-16-7-3-4-8-17(16)26-18;/h3-4,7-8H,5-6,9-15H2,1-2H3,(H2,21,22,23);1H. The molecule has 1 fully saturated rings. The number of rotatable bonds is 9. The van der Waals surface area contributed by atoms with Gasteiger partial charge in [-0.1, -0.05) is 18.6 Å². The van der Waals surface area contributed by atoms with Crippen LogP contribution in [0.2, 0.25) is 0 Å². The Balaban J connectivity index is 0.00000261. The number of aryl methyl sites for hydroxylation is 1. The molecule has 0 spiro atoms. The Bertz CT molecular complexity index is 697. The normalized spacial score (nSPS) is 15.9. The molecule has 0 bridgehead atoms. The number of benzene rings is 1. The Morgan fingerprint density at radius 1 is 1.30 bits per heavy atom. The molecule has 1 aliphatic carbocycles. The maximum absolute atomic E-state index is 5.27. The van der Waals surface area contributed by atoms with Gasteiger partial charge < -0.3 is 15.4 Å². The highest BCUT2D eigenvalue weighted by atomic mass is 127. The molecule has 1 saturated carbocycles. The lowest BCUT2D eigenvalue weighted by atomic mass is 9.67. The van der Waals surface area contributed by atoms with Gasteiger partial charge in [-0.15, -0.1) is 35.3 Å². The highest BCUT2D eigenvalue weighted by Crippen LogP contribution is 2.43. The third kappa shape index (κ3) is 6.29. The minimum Gasteiger partial charge on any atom is -0.385 e. The summed E-state index contributed by atoms with van der Waals surface area (Å²) in [5.74, 6) is 0.901. The minimum absolute atomic E-state index is 0. The predicted molar refractivity (Wildman–Crippen MR) is 125 cm³/mol. The summed E-state index contributed by atoms with van der Waals surface area (Å²) in [6.45, 7) is 2.73. The van der Waals surface area contributed by atoms with Gasteiger partial charge in [0.1, 0.15) is 0 Å². The van der Waals surface area contributed by atoms with Crippen molar-refractivity contribution in [1.29, 1.82) is 0 Å². The van der Waals surface area contributed by atoms with Crippen LogP contribution in [0.25, 0.3) is 10.2 Å². The van der Waals surface area contributed by atoms with Crippen LogP contribution in [0.5, 0.6) is 0 Å². The number of fused-ring (bicyclic) bond motifs is 1. The first-order chi connectivity index (χ1) is 12.7. The van der Waals surface area contributed by atoms with Crippen molar-refractivity contribution in [3.05, 3.63) is 29.3 Å². The van der Waals surface area contributed by atoms with Crippen molar-refractivity contribution < 1.29 is 4.74 Å². The molecule has 1 heterocycles. The van der Waals surface area contributed by atoms with E-state index in [0.717, 1.165) is 50.4 Å². The Morgan fingerprint density at radius 2 is 2.11 bits per heavy atom. The lowest BCUT2D eigenvalue weighted by Crippen LogP contribution is -2.47. The molecule has 0 saturated heterocycles. The number of aliphatic imine (C=N–C) groups is 1. The topological polar surface area (TPSA) is 58.5 Å². The molecule has 3 rings (SSSR count). The van der Waals surface area contributed by atoms with Gasteiger partial charge >= 0.3 is 0 Å². The van der Waals surface area contributed by atoms with E-state index in [1.54, 1.807) is 18.4 Å². The van der Waals surface area contributed by atoms with Gasteiger partial charge in [0.15, 0.2) is 5.96 Å². The number of nitrogens with one attached hydrogen (secondary N) is 2. The SMILES string of the molecule is CN=C(NCCCc1nc2ccccc2s1)NCC1(CCOC)CCC1.I. The van der Waals surface area contributed by atoms with Gasteiger partial charge in [-0.3, -0.25) is 4.99 Å². The number of halogens is 1. The van der Waals surface area contributed by atoms with E-state index in [1.807, 2.05) is 13.1 Å². The Morgan fingerprint density at radius 3 is 2.78 bits per heavy atom. The third-order valence-corrected chi connectivity index (χ3v) is 6.40. The molecule has 0 atom stereocenters. The summed E-state index contributed by atoms with van der Waals surface area (Å²) < 4.78 is 6.54. The van der Waals surface area contributed by atoms with Crippen molar-refractivity contribution in [1.82, 2.24) is 15.6 Å². The molecule has 27 heavy (non-hydrogen) atoms. The maximum atomic E-state index is 5.27. The molecular formula is C20H31IN4OS. The molecule has 1 aromatic carbocycles. The number of hydrogen-bond acceptors (Lipinski definition) is 4. The van der Waals surface area contributed by atoms with Crippen molar-refractivity contribution in [3.8, 4) is 0 Å². The summed E-state index contributed by atoms with van der Waals surface area (Å²) in [6, 6.07) is 8.34. The summed E-state index contributed by atoms with van der Waals surface area (Å²) in [5, 5.41) is 8.16. The molecule has 0 radical (unpaired) electrons. The van der Waals surface area contributed by atoms with E-state index in [-0.39, 0.29) is 24.0 Å². The van der Waals surface area contributed by atoms with E-state index in [1.165, 1.54) is 29.0 Å². The van der Waals surface area contributed by atoms with Gasteiger partial charge in [0.2, 0.25) is 0 Å². The number of guanidine groups is 1. The molecule has 7 heteroatoms. The minimum atomic E-state index is 0. The van der Waals surface area contributed by atoms with Crippen LogP contribution < -0.4 is 10.6 Å². The van der Waals surface area contributed by atoms with E-state index < -0.39 is 0 Å². The van der Waals surface area contributed by atoms with Gasteiger partial charge in [-0.25, -0.2) is 4.98 Å². The molecule has 0 aliphatic heterocycles. The van der Waals surface area contributed by atoms with Crippen LogP contribution in [0.4, 0.5) is 0 Å². The molecule has 2 N–H and O–H groups in total. The smallest absolute Gasteiger partial charge is 0.190 e. The maximum Gasteiger partial charge on any atom is 0.190 e. The number of para-hydroxylation sites is 1. The van der Waals surface area contributed by atoms with Crippen molar-refractivity contribution in [2.24, 2.45) is 10.4 Å². The Labute approximate surface area is 183 Å². The number of aromatic nitrogens is 1. The average molecular weight is 502 g/mol. The molecule has 150 valence electrons. The summed E-state index contributed by atoms with van der Waals surface area (Å²) in [4.78, 5) is 9.06. The molecular weight excluding hydrogens is 471 g/mol. The van der Waals surface area contributed by atoms with Gasteiger partial charge in [0, 0.05) is 40.3 Å². The fourth-order valence-electron chi connectivity index (χ4n) is 3.48. The Hall–Kier alpha value is -0.930. The van der Waals surface area contributed by atoms with E-state index in [4.69, 9.17) is 9.72 Å². The first-order valence-electron chi connectivity index (χ1n) is 9.53. The second kappa shape index (κ2) is 11.2. The molecule has 2 aromatic rings. The van der Waals surface area contributed by atoms with E-state index in [2.05, 4.69) is 33.8 Å². The number of methoxy groups -OCH3 is 1. The zero-order chi connectivity index (χ0) is 18.2. The quantitative estimate of drug-likeness (QED) is 0.233. The number of thiazole rings is 1. The summed E-state index contributed by atoms with van der Waals surface area (Å²) >= 11 is 1.80. The number of ether oxygens (including phenoxy) is 1. The monoisotopic (exact) mass is 502 g/mol. The first kappa shape index (κ1) is 22.4. The Kier molecular flexibility index (Phi) is 9.25. The van der Waals surface area contributed by atoms with Crippen LogP contribution in [0.3, 0.4) is 0 Å². The van der Waals surface area contributed by atoms with Crippen molar-refractivity contribution in [2.45, 2.75) is 38.5 Å². The van der Waals surface area contributed by atoms with Gasteiger partial charge in [0.25, 0.3) is 0 Å². The van der Waals surface area contributed by atoms with Crippen LogP contribution in [0.15, 0.2) is 29.3 Å².